The first-order valence-electron chi connectivity index (χ1n) is 12.4. The van der Waals surface area contributed by atoms with E-state index in [4.69, 9.17) is 5.11 Å². The standard InChI is InChI=1S/C31H32N2O2/c1-21(27-15-7-10-23-8-2-4-13-28(23)27)32-19-22-16-24-9-3-5-14-29(24)30(17-22)25-11-6-12-26(18-25)33-20-31(34)35/h2-15,18,21-22,30,32-33H,16-17,19-20H2,1H3,(H,34,35)/t21-,22?,30?/m1/s1. The minimum Gasteiger partial charge on any atom is -0.480 e. The van der Waals surface area contributed by atoms with Gasteiger partial charge in [0.05, 0.1) is 0 Å². The molecule has 0 saturated carbocycles. The Bertz CT molecular complexity index is 1330. The Kier molecular flexibility index (Phi) is 6.82. The van der Waals surface area contributed by atoms with Gasteiger partial charge in [-0.05, 0) is 77.4 Å². The summed E-state index contributed by atoms with van der Waals surface area (Å²) in [6.07, 6.45) is 2.13. The van der Waals surface area contributed by atoms with Crippen LogP contribution in [0.2, 0.25) is 0 Å². The lowest BCUT2D eigenvalue weighted by Gasteiger charge is -2.33. The van der Waals surface area contributed by atoms with Gasteiger partial charge < -0.3 is 15.7 Å². The van der Waals surface area contributed by atoms with Crippen molar-refractivity contribution < 1.29 is 9.90 Å². The first kappa shape index (κ1) is 23.1. The summed E-state index contributed by atoms with van der Waals surface area (Å²) in [5.74, 6) is -0.0426. The highest BCUT2D eigenvalue weighted by molar-refractivity contribution is 5.86. The molecule has 0 heterocycles. The monoisotopic (exact) mass is 464 g/mol. The fraction of sp³-hybridized carbons (Fsp3) is 0.258. The number of rotatable bonds is 8. The van der Waals surface area contributed by atoms with Crippen LogP contribution in [0, 0.1) is 5.92 Å². The molecule has 1 aliphatic carbocycles. The maximum absolute atomic E-state index is 11.0. The van der Waals surface area contributed by atoms with E-state index in [1.54, 1.807) is 0 Å². The number of carbonyl (C=O) groups is 1. The van der Waals surface area contributed by atoms with E-state index in [1.807, 2.05) is 12.1 Å². The van der Waals surface area contributed by atoms with Gasteiger partial charge in [0.25, 0.3) is 0 Å². The van der Waals surface area contributed by atoms with Gasteiger partial charge in [-0.15, -0.1) is 0 Å². The van der Waals surface area contributed by atoms with Gasteiger partial charge >= 0.3 is 5.97 Å². The molecule has 0 spiro atoms. The zero-order chi connectivity index (χ0) is 24.2. The molecule has 2 unspecified atom stereocenters. The number of carboxylic acids is 1. The Morgan fingerprint density at radius 2 is 1.74 bits per heavy atom. The van der Waals surface area contributed by atoms with Crippen LogP contribution in [0.3, 0.4) is 0 Å². The third kappa shape index (κ3) is 5.23. The molecular weight excluding hydrogens is 432 g/mol. The summed E-state index contributed by atoms with van der Waals surface area (Å²) < 4.78 is 0. The zero-order valence-corrected chi connectivity index (χ0v) is 20.1. The highest BCUT2D eigenvalue weighted by Crippen LogP contribution is 2.40. The second kappa shape index (κ2) is 10.3. The van der Waals surface area contributed by atoms with Crippen molar-refractivity contribution in [1.29, 1.82) is 0 Å². The summed E-state index contributed by atoms with van der Waals surface area (Å²) in [6, 6.07) is 32.4. The van der Waals surface area contributed by atoms with E-state index in [-0.39, 0.29) is 12.6 Å². The SMILES string of the molecule is C[C@@H](NCC1Cc2ccccc2C(c2cccc(NCC(=O)O)c2)C1)c1cccc2ccccc12. The van der Waals surface area contributed by atoms with E-state index in [0.29, 0.717) is 11.8 Å². The Labute approximate surface area is 207 Å². The lowest BCUT2D eigenvalue weighted by Crippen LogP contribution is -2.31. The maximum Gasteiger partial charge on any atom is 0.322 e. The minimum atomic E-state index is -0.857. The van der Waals surface area contributed by atoms with E-state index in [2.05, 4.69) is 96.4 Å². The lowest BCUT2D eigenvalue weighted by atomic mass is 9.74. The van der Waals surface area contributed by atoms with Gasteiger partial charge in [0.15, 0.2) is 0 Å². The second-order valence-corrected chi connectivity index (χ2v) is 9.63. The van der Waals surface area contributed by atoms with Crippen LogP contribution >= 0.6 is 0 Å². The fourth-order valence-corrected chi connectivity index (χ4v) is 5.51. The largest absolute Gasteiger partial charge is 0.480 e. The third-order valence-electron chi connectivity index (χ3n) is 7.24. The molecule has 3 N–H and O–H groups in total. The summed E-state index contributed by atoms with van der Waals surface area (Å²) in [4.78, 5) is 11.0. The first-order chi connectivity index (χ1) is 17.1. The van der Waals surface area contributed by atoms with E-state index < -0.39 is 5.97 Å². The van der Waals surface area contributed by atoms with Crippen molar-refractivity contribution in [3.8, 4) is 0 Å². The molecule has 0 amide bonds. The predicted molar refractivity (Wildman–Crippen MR) is 143 cm³/mol. The number of benzene rings is 4. The van der Waals surface area contributed by atoms with Crippen LogP contribution in [0.4, 0.5) is 5.69 Å². The van der Waals surface area contributed by atoms with Gasteiger partial charge in [0.1, 0.15) is 6.54 Å². The van der Waals surface area contributed by atoms with Crippen LogP contribution in [-0.4, -0.2) is 24.2 Å². The smallest absolute Gasteiger partial charge is 0.322 e. The molecule has 4 nitrogen and oxygen atoms in total. The summed E-state index contributed by atoms with van der Waals surface area (Å²) in [7, 11) is 0. The average Bonchev–Trinajstić information content (AvgIpc) is 2.90. The van der Waals surface area contributed by atoms with Crippen molar-refractivity contribution in [2.45, 2.75) is 31.7 Å². The van der Waals surface area contributed by atoms with Crippen molar-refractivity contribution in [2.75, 3.05) is 18.4 Å². The minimum absolute atomic E-state index is 0.0801. The number of aliphatic carboxylic acids is 1. The molecule has 0 aromatic heterocycles. The van der Waals surface area contributed by atoms with Crippen molar-refractivity contribution in [2.24, 2.45) is 5.92 Å². The summed E-state index contributed by atoms with van der Waals surface area (Å²) >= 11 is 0. The Hall–Kier alpha value is -3.63. The summed E-state index contributed by atoms with van der Waals surface area (Å²) in [5.41, 5.74) is 6.23. The van der Waals surface area contributed by atoms with Crippen LogP contribution in [0.1, 0.15) is 47.6 Å². The van der Waals surface area contributed by atoms with Gasteiger partial charge in [-0.25, -0.2) is 0 Å². The molecular formula is C31H32N2O2. The number of carboxylic acid groups (broad SMARTS) is 1. The van der Waals surface area contributed by atoms with E-state index in [0.717, 1.165) is 25.1 Å². The number of anilines is 1. The van der Waals surface area contributed by atoms with Gasteiger partial charge in [-0.1, -0.05) is 78.9 Å². The van der Waals surface area contributed by atoms with Crippen molar-refractivity contribution in [3.63, 3.8) is 0 Å². The Balaban J connectivity index is 1.34. The van der Waals surface area contributed by atoms with Crippen LogP contribution < -0.4 is 10.6 Å². The van der Waals surface area contributed by atoms with E-state index in [9.17, 15) is 4.79 Å². The highest BCUT2D eigenvalue weighted by Gasteiger charge is 2.28. The van der Waals surface area contributed by atoms with Crippen LogP contribution in [0.5, 0.6) is 0 Å². The van der Waals surface area contributed by atoms with Gasteiger partial charge in [0, 0.05) is 17.6 Å². The highest BCUT2D eigenvalue weighted by atomic mass is 16.4. The molecule has 0 radical (unpaired) electrons. The molecule has 0 bridgehead atoms. The topological polar surface area (TPSA) is 61.4 Å². The van der Waals surface area contributed by atoms with Crippen molar-refractivity contribution in [3.05, 3.63) is 113 Å². The number of hydrogen-bond acceptors (Lipinski definition) is 3. The van der Waals surface area contributed by atoms with Crippen LogP contribution in [0.25, 0.3) is 10.8 Å². The molecule has 0 fully saturated rings. The van der Waals surface area contributed by atoms with Crippen molar-refractivity contribution >= 4 is 22.4 Å². The zero-order valence-electron chi connectivity index (χ0n) is 20.1. The van der Waals surface area contributed by atoms with Gasteiger partial charge in [-0.3, -0.25) is 4.79 Å². The van der Waals surface area contributed by atoms with E-state index >= 15 is 0 Å². The normalized spacial score (nSPS) is 18.1. The van der Waals surface area contributed by atoms with Gasteiger partial charge in [-0.2, -0.15) is 0 Å². The number of nitrogens with one attached hydrogen (secondary N) is 2. The number of fused-ring (bicyclic) bond motifs is 2. The van der Waals surface area contributed by atoms with E-state index in [1.165, 1.54) is 33.0 Å². The molecule has 0 aliphatic heterocycles. The molecule has 178 valence electrons. The van der Waals surface area contributed by atoms with Crippen LogP contribution in [-0.2, 0) is 11.2 Å². The Morgan fingerprint density at radius 3 is 2.63 bits per heavy atom. The maximum atomic E-state index is 11.0. The predicted octanol–water partition coefficient (Wildman–Crippen LogP) is 6.38. The third-order valence-corrected chi connectivity index (χ3v) is 7.24. The molecule has 4 aromatic carbocycles. The van der Waals surface area contributed by atoms with Crippen molar-refractivity contribution in [1.82, 2.24) is 5.32 Å². The first-order valence-corrected chi connectivity index (χ1v) is 12.4. The molecule has 4 heteroatoms. The quantitative estimate of drug-likeness (QED) is 0.283. The second-order valence-electron chi connectivity index (χ2n) is 9.63. The summed E-state index contributed by atoms with van der Waals surface area (Å²) in [6.45, 7) is 3.13. The molecule has 4 aromatic rings. The molecule has 5 rings (SSSR count). The molecule has 35 heavy (non-hydrogen) atoms. The lowest BCUT2D eigenvalue weighted by molar-refractivity contribution is -0.134. The van der Waals surface area contributed by atoms with Gasteiger partial charge in [0.2, 0.25) is 0 Å². The summed E-state index contributed by atoms with van der Waals surface area (Å²) in [5, 5.41) is 18.5. The van der Waals surface area contributed by atoms with Crippen LogP contribution in [0.15, 0.2) is 91.0 Å². The molecule has 3 atom stereocenters. The average molecular weight is 465 g/mol. The molecule has 1 aliphatic rings. The fourth-order valence-electron chi connectivity index (χ4n) is 5.51. The Morgan fingerprint density at radius 1 is 0.971 bits per heavy atom. The number of hydrogen-bond donors (Lipinski definition) is 3. The molecule has 0 saturated heterocycles.